The maximum atomic E-state index is 11.6. The Morgan fingerprint density at radius 3 is 2.48 bits per heavy atom. The smallest absolute Gasteiger partial charge is 0.325 e. The van der Waals surface area contributed by atoms with E-state index in [0.29, 0.717) is 23.6 Å². The zero-order valence-electron chi connectivity index (χ0n) is 17.2. The lowest BCUT2D eigenvalue weighted by molar-refractivity contribution is -0.384. The molecule has 160 valence electrons. The van der Waals surface area contributed by atoms with Crippen molar-refractivity contribution in [2.45, 2.75) is 13.8 Å². The molecular formula is C20H20N6O5. The minimum absolute atomic E-state index is 0.00844. The number of ether oxygens (including phenoxy) is 1. The zero-order chi connectivity index (χ0) is 23.0. The van der Waals surface area contributed by atoms with Crippen molar-refractivity contribution in [3.05, 3.63) is 52.1 Å². The van der Waals surface area contributed by atoms with Crippen LogP contribution in [0.5, 0.6) is 0 Å². The Kier molecular flexibility index (Phi) is 7.74. The number of nitro benzene ring substituents is 1. The normalized spacial score (nSPS) is 10.4. The maximum Gasteiger partial charge on any atom is 0.325 e. The number of methoxy groups -OCH3 is 1. The van der Waals surface area contributed by atoms with Crippen LogP contribution in [0.4, 0.5) is 28.4 Å². The van der Waals surface area contributed by atoms with Crippen LogP contribution >= 0.6 is 0 Å². The Morgan fingerprint density at radius 2 is 1.90 bits per heavy atom. The van der Waals surface area contributed by atoms with E-state index in [1.165, 1.54) is 26.2 Å². The molecular weight excluding hydrogens is 404 g/mol. The first kappa shape index (κ1) is 23.0. The number of amides is 1. The van der Waals surface area contributed by atoms with Crippen molar-refractivity contribution in [3.63, 3.8) is 0 Å². The summed E-state index contributed by atoms with van der Waals surface area (Å²) < 4.78 is 4.70. The molecule has 0 fully saturated rings. The fourth-order valence-corrected chi connectivity index (χ4v) is 2.63. The third kappa shape index (κ3) is 6.07. The lowest BCUT2D eigenvalue weighted by Crippen LogP contribution is -2.30. The summed E-state index contributed by atoms with van der Waals surface area (Å²) in [6.45, 7) is 3.75. The van der Waals surface area contributed by atoms with E-state index in [1.807, 2.05) is 13.0 Å². The number of anilines is 2. The molecule has 0 radical (unpaired) electrons. The SMILES string of the molecule is CCN(CC(=O)OC)c1ccc(N=Nc2ccc([N+](=O)[O-])cc2C#N)c(NC(C)=O)c1. The molecule has 0 saturated heterocycles. The number of nitriles is 1. The number of likely N-dealkylation sites (N-methyl/N-ethyl adjacent to an activating group) is 1. The Bertz CT molecular complexity index is 1080. The molecule has 2 rings (SSSR count). The molecule has 11 heteroatoms. The van der Waals surface area contributed by atoms with E-state index in [-0.39, 0.29) is 29.4 Å². The van der Waals surface area contributed by atoms with Gasteiger partial charge in [0, 0.05) is 31.3 Å². The van der Waals surface area contributed by atoms with Gasteiger partial charge in [-0.25, -0.2) is 0 Å². The number of hydrogen-bond donors (Lipinski definition) is 1. The average molecular weight is 424 g/mol. The molecule has 2 aromatic rings. The number of esters is 1. The molecule has 31 heavy (non-hydrogen) atoms. The van der Waals surface area contributed by atoms with Crippen molar-refractivity contribution in [1.29, 1.82) is 5.26 Å². The fraction of sp³-hybridized carbons (Fsp3) is 0.250. The molecule has 0 unspecified atom stereocenters. The van der Waals surface area contributed by atoms with Crippen LogP contribution in [0.3, 0.4) is 0 Å². The van der Waals surface area contributed by atoms with Gasteiger partial charge in [0.15, 0.2) is 0 Å². The molecule has 0 aliphatic carbocycles. The highest BCUT2D eigenvalue weighted by Gasteiger charge is 2.14. The maximum absolute atomic E-state index is 11.6. The summed E-state index contributed by atoms with van der Waals surface area (Å²) in [6.07, 6.45) is 0. The van der Waals surface area contributed by atoms with Gasteiger partial charge >= 0.3 is 5.97 Å². The lowest BCUT2D eigenvalue weighted by Gasteiger charge is -2.22. The molecule has 0 saturated carbocycles. The number of carbonyl (C=O) groups is 2. The second-order valence-electron chi connectivity index (χ2n) is 6.24. The summed E-state index contributed by atoms with van der Waals surface area (Å²) in [7, 11) is 1.30. The molecule has 0 heterocycles. The first-order chi connectivity index (χ1) is 14.8. The lowest BCUT2D eigenvalue weighted by atomic mass is 10.2. The largest absolute Gasteiger partial charge is 0.468 e. The van der Waals surface area contributed by atoms with Gasteiger partial charge in [-0.15, -0.1) is 10.2 Å². The van der Waals surface area contributed by atoms with Crippen LogP contribution in [-0.2, 0) is 14.3 Å². The third-order valence-corrected chi connectivity index (χ3v) is 4.16. The number of nitrogens with one attached hydrogen (secondary N) is 1. The van der Waals surface area contributed by atoms with Gasteiger partial charge in [0.1, 0.15) is 24.0 Å². The molecule has 1 N–H and O–H groups in total. The summed E-state index contributed by atoms with van der Waals surface area (Å²) in [4.78, 5) is 35.3. The minimum atomic E-state index is -0.608. The number of hydrogen-bond acceptors (Lipinski definition) is 9. The Labute approximate surface area is 178 Å². The Balaban J connectivity index is 2.42. The van der Waals surface area contributed by atoms with Crippen molar-refractivity contribution in [3.8, 4) is 6.07 Å². The fourth-order valence-electron chi connectivity index (χ4n) is 2.63. The highest BCUT2D eigenvalue weighted by Crippen LogP contribution is 2.33. The summed E-state index contributed by atoms with van der Waals surface area (Å²) >= 11 is 0. The molecule has 0 aliphatic heterocycles. The molecule has 1 amide bonds. The van der Waals surface area contributed by atoms with E-state index >= 15 is 0 Å². The van der Waals surface area contributed by atoms with Crippen molar-refractivity contribution in [2.75, 3.05) is 30.4 Å². The quantitative estimate of drug-likeness (QED) is 0.293. The molecule has 0 spiro atoms. The Hall–Kier alpha value is -4.33. The van der Waals surface area contributed by atoms with Gasteiger partial charge in [0.2, 0.25) is 5.91 Å². The van der Waals surface area contributed by atoms with Crippen LogP contribution < -0.4 is 10.2 Å². The van der Waals surface area contributed by atoms with Gasteiger partial charge < -0.3 is 15.0 Å². The van der Waals surface area contributed by atoms with Gasteiger partial charge in [0.25, 0.3) is 5.69 Å². The van der Waals surface area contributed by atoms with Crippen LogP contribution in [0.2, 0.25) is 0 Å². The minimum Gasteiger partial charge on any atom is -0.468 e. The molecule has 11 nitrogen and oxygen atoms in total. The monoisotopic (exact) mass is 424 g/mol. The second kappa shape index (κ2) is 10.4. The van der Waals surface area contributed by atoms with E-state index < -0.39 is 10.9 Å². The number of nitro groups is 1. The van der Waals surface area contributed by atoms with E-state index in [1.54, 1.807) is 23.1 Å². The Morgan fingerprint density at radius 1 is 1.23 bits per heavy atom. The van der Waals surface area contributed by atoms with Gasteiger partial charge in [-0.1, -0.05) is 0 Å². The number of carbonyl (C=O) groups excluding carboxylic acids is 2. The van der Waals surface area contributed by atoms with E-state index in [0.717, 1.165) is 6.07 Å². The number of non-ortho nitro benzene ring substituents is 1. The van der Waals surface area contributed by atoms with Crippen molar-refractivity contribution >= 4 is 40.3 Å². The number of rotatable bonds is 8. The summed E-state index contributed by atoms with van der Waals surface area (Å²) in [5.74, 6) is -0.744. The number of azo groups is 1. The van der Waals surface area contributed by atoms with Crippen molar-refractivity contribution in [1.82, 2.24) is 0 Å². The van der Waals surface area contributed by atoms with Gasteiger partial charge in [0.05, 0.1) is 23.3 Å². The van der Waals surface area contributed by atoms with Gasteiger partial charge in [-0.2, -0.15) is 5.26 Å². The summed E-state index contributed by atoms with van der Waals surface area (Å²) in [5, 5.41) is 30.9. The van der Waals surface area contributed by atoms with Crippen LogP contribution in [0.15, 0.2) is 46.6 Å². The van der Waals surface area contributed by atoms with Crippen LogP contribution in [0.1, 0.15) is 19.4 Å². The standard InChI is InChI=1S/C20H20N6O5/c1-4-25(12-20(28)31-3)15-5-8-18(19(10-15)22-13(2)27)24-23-17-7-6-16(26(29)30)9-14(17)11-21/h5-10H,4,12H2,1-3H3,(H,22,27). The average Bonchev–Trinajstić information content (AvgIpc) is 2.75. The van der Waals surface area contributed by atoms with Crippen molar-refractivity contribution in [2.24, 2.45) is 10.2 Å². The third-order valence-electron chi connectivity index (χ3n) is 4.16. The topological polar surface area (TPSA) is 150 Å². The van der Waals surface area contributed by atoms with Gasteiger partial charge in [-0.3, -0.25) is 19.7 Å². The molecule has 0 aromatic heterocycles. The molecule has 0 bridgehead atoms. The second-order valence-corrected chi connectivity index (χ2v) is 6.24. The first-order valence-corrected chi connectivity index (χ1v) is 9.12. The summed E-state index contributed by atoms with van der Waals surface area (Å²) in [5.41, 5.74) is 1.21. The first-order valence-electron chi connectivity index (χ1n) is 9.12. The van der Waals surface area contributed by atoms with Crippen LogP contribution in [0, 0.1) is 21.4 Å². The molecule has 0 aliphatic rings. The predicted molar refractivity (Wildman–Crippen MR) is 113 cm³/mol. The van der Waals surface area contributed by atoms with E-state index in [4.69, 9.17) is 4.74 Å². The number of benzene rings is 2. The van der Waals surface area contributed by atoms with Crippen molar-refractivity contribution < 1.29 is 19.2 Å². The van der Waals surface area contributed by atoms with Crippen LogP contribution in [0.25, 0.3) is 0 Å². The molecule has 2 aromatic carbocycles. The van der Waals surface area contributed by atoms with Crippen LogP contribution in [-0.4, -0.2) is 37.0 Å². The zero-order valence-corrected chi connectivity index (χ0v) is 17.2. The van der Waals surface area contributed by atoms with E-state index in [9.17, 15) is 25.0 Å². The molecule has 0 atom stereocenters. The highest BCUT2D eigenvalue weighted by atomic mass is 16.6. The van der Waals surface area contributed by atoms with Gasteiger partial charge in [-0.05, 0) is 31.2 Å². The highest BCUT2D eigenvalue weighted by molar-refractivity contribution is 5.93. The van der Waals surface area contributed by atoms with E-state index in [2.05, 4.69) is 15.5 Å². The predicted octanol–water partition coefficient (Wildman–Crippen LogP) is 3.84. The number of nitrogens with zero attached hydrogens (tertiary/aromatic N) is 5. The summed E-state index contributed by atoms with van der Waals surface area (Å²) in [6, 6.07) is 10.4.